The highest BCUT2D eigenvalue weighted by Crippen LogP contribution is 2.37. The molecule has 0 bridgehead atoms. The van der Waals surface area contributed by atoms with E-state index in [0.717, 1.165) is 45.6 Å². The maximum atomic E-state index is 6.22. The van der Waals surface area contributed by atoms with E-state index in [0.29, 0.717) is 11.5 Å². The molecule has 2 fully saturated rings. The fourth-order valence-electron chi connectivity index (χ4n) is 2.71. The van der Waals surface area contributed by atoms with Gasteiger partial charge in [0.1, 0.15) is 0 Å². The van der Waals surface area contributed by atoms with Crippen molar-refractivity contribution in [2.45, 2.75) is 25.3 Å². The van der Waals surface area contributed by atoms with E-state index in [9.17, 15) is 0 Å². The second kappa shape index (κ2) is 3.56. The topological polar surface area (TPSA) is 38.5 Å². The van der Waals surface area contributed by atoms with Crippen molar-refractivity contribution in [2.75, 3.05) is 33.4 Å². The average molecular weight is 184 g/mol. The molecule has 2 heterocycles. The highest BCUT2D eigenvalue weighted by molar-refractivity contribution is 4.96. The largest absolute Gasteiger partial charge is 0.381 e. The van der Waals surface area contributed by atoms with Crippen molar-refractivity contribution in [1.29, 1.82) is 0 Å². The lowest BCUT2D eigenvalue weighted by atomic mass is 9.70. The summed E-state index contributed by atoms with van der Waals surface area (Å²) in [5, 5.41) is 0. The van der Waals surface area contributed by atoms with Crippen LogP contribution in [0.2, 0.25) is 0 Å². The molecule has 0 amide bonds. The van der Waals surface area contributed by atoms with Crippen LogP contribution in [0.4, 0.5) is 0 Å². The van der Waals surface area contributed by atoms with Crippen LogP contribution >= 0.6 is 0 Å². The van der Waals surface area contributed by atoms with Crippen LogP contribution in [0.15, 0.2) is 0 Å². The number of ether oxygens (including phenoxy) is 1. The molecule has 0 aromatic carbocycles. The minimum absolute atomic E-state index is 0.366. The molecular weight excluding hydrogens is 164 g/mol. The van der Waals surface area contributed by atoms with Crippen molar-refractivity contribution < 1.29 is 4.74 Å². The van der Waals surface area contributed by atoms with Crippen molar-refractivity contribution in [3.63, 3.8) is 0 Å². The summed E-state index contributed by atoms with van der Waals surface area (Å²) in [5.74, 6) is 0. The monoisotopic (exact) mass is 184 g/mol. The molecule has 0 radical (unpaired) electrons. The number of piperidine rings is 1. The molecule has 1 unspecified atom stereocenters. The van der Waals surface area contributed by atoms with Crippen LogP contribution in [0.3, 0.4) is 0 Å². The molecule has 76 valence electrons. The number of hydrogen-bond acceptors (Lipinski definition) is 3. The van der Waals surface area contributed by atoms with Gasteiger partial charge in [0.25, 0.3) is 0 Å². The van der Waals surface area contributed by atoms with Gasteiger partial charge in [-0.3, -0.25) is 0 Å². The van der Waals surface area contributed by atoms with Crippen LogP contribution in [0.1, 0.15) is 19.3 Å². The van der Waals surface area contributed by atoms with Crippen LogP contribution in [0.25, 0.3) is 0 Å². The molecule has 0 aliphatic carbocycles. The molecule has 13 heavy (non-hydrogen) atoms. The third kappa shape index (κ3) is 1.73. The Hall–Kier alpha value is -0.120. The standard InChI is InChI=1S/C10H20N2O/c1-12-5-2-9(11)10(8-12)3-6-13-7-4-10/h9H,2-8,11H2,1H3. The highest BCUT2D eigenvalue weighted by Gasteiger charge is 2.41. The Morgan fingerprint density at radius 2 is 2.08 bits per heavy atom. The van der Waals surface area contributed by atoms with E-state index in [1.807, 2.05) is 0 Å². The second-order valence-electron chi connectivity index (χ2n) is 4.61. The van der Waals surface area contributed by atoms with Gasteiger partial charge >= 0.3 is 0 Å². The van der Waals surface area contributed by atoms with E-state index in [-0.39, 0.29) is 0 Å². The van der Waals surface area contributed by atoms with Gasteiger partial charge in [-0.2, -0.15) is 0 Å². The van der Waals surface area contributed by atoms with Crippen molar-refractivity contribution >= 4 is 0 Å². The molecule has 3 nitrogen and oxygen atoms in total. The normalized spacial score (nSPS) is 35.1. The molecule has 2 N–H and O–H groups in total. The highest BCUT2D eigenvalue weighted by atomic mass is 16.5. The van der Waals surface area contributed by atoms with E-state index >= 15 is 0 Å². The van der Waals surface area contributed by atoms with Crippen molar-refractivity contribution in [2.24, 2.45) is 11.1 Å². The Balaban J connectivity index is 2.07. The lowest BCUT2D eigenvalue weighted by Gasteiger charge is -2.48. The number of rotatable bonds is 0. The minimum Gasteiger partial charge on any atom is -0.381 e. The van der Waals surface area contributed by atoms with Gasteiger partial charge in [-0.15, -0.1) is 0 Å². The molecule has 1 atom stereocenters. The van der Waals surface area contributed by atoms with Crippen molar-refractivity contribution in [3.8, 4) is 0 Å². The molecule has 0 aromatic heterocycles. The summed E-state index contributed by atoms with van der Waals surface area (Å²) in [6.07, 6.45) is 3.45. The van der Waals surface area contributed by atoms with Gasteiger partial charge in [0, 0.05) is 31.2 Å². The molecule has 2 saturated heterocycles. The minimum atomic E-state index is 0.366. The summed E-state index contributed by atoms with van der Waals surface area (Å²) < 4.78 is 5.41. The first-order chi connectivity index (χ1) is 6.23. The van der Waals surface area contributed by atoms with E-state index < -0.39 is 0 Å². The molecular formula is C10H20N2O. The fourth-order valence-corrected chi connectivity index (χ4v) is 2.71. The number of likely N-dealkylation sites (tertiary alicyclic amines) is 1. The summed E-state index contributed by atoms with van der Waals surface area (Å²) in [4.78, 5) is 2.41. The van der Waals surface area contributed by atoms with E-state index in [4.69, 9.17) is 10.5 Å². The smallest absolute Gasteiger partial charge is 0.0472 e. The third-order valence-corrected chi connectivity index (χ3v) is 3.68. The zero-order chi connectivity index (χ0) is 9.31. The van der Waals surface area contributed by atoms with Crippen LogP contribution in [0, 0.1) is 5.41 Å². The fraction of sp³-hybridized carbons (Fsp3) is 1.00. The average Bonchev–Trinajstić information content (AvgIpc) is 2.14. The van der Waals surface area contributed by atoms with Gasteiger partial charge in [-0.1, -0.05) is 0 Å². The quantitative estimate of drug-likeness (QED) is 0.594. The number of nitrogens with zero attached hydrogens (tertiary/aromatic N) is 1. The van der Waals surface area contributed by atoms with Crippen LogP contribution in [0.5, 0.6) is 0 Å². The summed E-state index contributed by atoms with van der Waals surface area (Å²) in [7, 11) is 2.20. The maximum absolute atomic E-state index is 6.22. The molecule has 0 saturated carbocycles. The SMILES string of the molecule is CN1CCC(N)C2(CCOCC2)C1. The summed E-state index contributed by atoms with van der Waals surface area (Å²) in [5.41, 5.74) is 6.59. The first-order valence-corrected chi connectivity index (χ1v) is 5.25. The third-order valence-electron chi connectivity index (χ3n) is 3.68. The van der Waals surface area contributed by atoms with Gasteiger partial charge in [0.15, 0.2) is 0 Å². The zero-order valence-electron chi connectivity index (χ0n) is 8.46. The summed E-state index contributed by atoms with van der Waals surface area (Å²) in [6.45, 7) is 4.13. The van der Waals surface area contributed by atoms with Gasteiger partial charge < -0.3 is 15.4 Å². The molecule has 0 aromatic rings. The molecule has 2 aliphatic heterocycles. The molecule has 2 aliphatic rings. The van der Waals surface area contributed by atoms with E-state index in [1.54, 1.807) is 0 Å². The Kier molecular flexibility index (Phi) is 2.58. The summed E-state index contributed by atoms with van der Waals surface area (Å²) in [6, 6.07) is 0.396. The molecule has 3 heteroatoms. The van der Waals surface area contributed by atoms with Crippen molar-refractivity contribution in [3.05, 3.63) is 0 Å². The second-order valence-corrected chi connectivity index (χ2v) is 4.61. The van der Waals surface area contributed by atoms with Crippen LogP contribution < -0.4 is 5.73 Å². The van der Waals surface area contributed by atoms with Crippen LogP contribution in [-0.4, -0.2) is 44.3 Å². The summed E-state index contributed by atoms with van der Waals surface area (Å²) >= 11 is 0. The van der Waals surface area contributed by atoms with Gasteiger partial charge in [0.2, 0.25) is 0 Å². The predicted octanol–water partition coefficient (Wildman–Crippen LogP) is 0.446. The predicted molar refractivity (Wildman–Crippen MR) is 52.6 cm³/mol. The van der Waals surface area contributed by atoms with E-state index in [2.05, 4.69) is 11.9 Å². The van der Waals surface area contributed by atoms with Crippen LogP contribution in [-0.2, 0) is 4.74 Å². The first-order valence-electron chi connectivity index (χ1n) is 5.25. The molecule has 1 spiro atoms. The number of nitrogens with two attached hydrogens (primary N) is 1. The van der Waals surface area contributed by atoms with Gasteiger partial charge in [-0.05, 0) is 32.9 Å². The Morgan fingerprint density at radius 1 is 1.38 bits per heavy atom. The molecule has 2 rings (SSSR count). The van der Waals surface area contributed by atoms with Gasteiger partial charge in [-0.25, -0.2) is 0 Å². The maximum Gasteiger partial charge on any atom is 0.0472 e. The first kappa shape index (κ1) is 9.44. The Morgan fingerprint density at radius 3 is 2.77 bits per heavy atom. The van der Waals surface area contributed by atoms with Gasteiger partial charge in [0.05, 0.1) is 0 Å². The lowest BCUT2D eigenvalue weighted by molar-refractivity contribution is -0.0335. The van der Waals surface area contributed by atoms with E-state index in [1.165, 1.54) is 0 Å². The van der Waals surface area contributed by atoms with Crippen molar-refractivity contribution in [1.82, 2.24) is 4.90 Å². The zero-order valence-corrected chi connectivity index (χ0v) is 8.46. The Labute approximate surface area is 80.2 Å². The Bertz CT molecular complexity index is 178. The lowest BCUT2D eigenvalue weighted by Crippen LogP contribution is -2.56. The number of hydrogen-bond donors (Lipinski definition) is 1.